The van der Waals surface area contributed by atoms with Crippen molar-refractivity contribution in [1.82, 2.24) is 31.3 Å². The molecule has 47 heavy (non-hydrogen) atoms. The number of nitrogens with one attached hydrogen (secondary N) is 4. The lowest BCUT2D eigenvalue weighted by molar-refractivity contribution is -0.130. The van der Waals surface area contributed by atoms with Gasteiger partial charge in [0.1, 0.15) is 11.9 Å². The number of nitrogens with two attached hydrogens (primary N) is 1. The molecule has 0 saturated heterocycles. The smallest absolute Gasteiger partial charge is 0.251 e. The van der Waals surface area contributed by atoms with Crippen LogP contribution in [0.2, 0.25) is 0 Å². The summed E-state index contributed by atoms with van der Waals surface area (Å²) < 4.78 is 14.9. The van der Waals surface area contributed by atoms with E-state index in [0.717, 1.165) is 42.4 Å². The zero-order valence-electron chi connectivity index (χ0n) is 26.8. The minimum absolute atomic E-state index is 0.0859. The molecule has 1 atom stereocenters. The number of benzene rings is 3. The van der Waals surface area contributed by atoms with E-state index in [0.29, 0.717) is 35.1 Å². The van der Waals surface area contributed by atoms with Crippen LogP contribution in [0.25, 0.3) is 22.5 Å². The Morgan fingerprint density at radius 2 is 1.64 bits per heavy atom. The Balaban J connectivity index is 1.34. The van der Waals surface area contributed by atoms with E-state index in [-0.39, 0.29) is 41.7 Å². The Morgan fingerprint density at radius 1 is 0.957 bits per heavy atom. The maximum absolute atomic E-state index is 14.9. The quantitative estimate of drug-likeness (QED) is 0.160. The number of halogens is 1. The van der Waals surface area contributed by atoms with Gasteiger partial charge >= 0.3 is 0 Å². The molecule has 3 amide bonds. The summed E-state index contributed by atoms with van der Waals surface area (Å²) in [6, 6.07) is 16.4. The monoisotopic (exact) mass is 640 g/mol. The molecule has 0 spiro atoms. The molecule has 5 rings (SSSR count). The van der Waals surface area contributed by atoms with Crippen molar-refractivity contribution in [2.24, 2.45) is 17.6 Å². The predicted octanol–water partition coefficient (Wildman–Crippen LogP) is 4.55. The summed E-state index contributed by atoms with van der Waals surface area (Å²) in [5.41, 5.74) is 9.94. The van der Waals surface area contributed by atoms with Crippen LogP contribution in [0.3, 0.4) is 0 Å². The number of hydrogen-bond donors (Lipinski definition) is 5. The van der Waals surface area contributed by atoms with Crippen LogP contribution in [0.1, 0.15) is 61.0 Å². The number of aromatic amines is 1. The van der Waals surface area contributed by atoms with Gasteiger partial charge in [0.15, 0.2) is 0 Å². The van der Waals surface area contributed by atoms with Gasteiger partial charge in [0.25, 0.3) is 5.91 Å². The number of H-pyrrole nitrogens is 1. The largest absolute Gasteiger partial charge is 0.350 e. The summed E-state index contributed by atoms with van der Waals surface area (Å²) in [6.07, 6.45) is 3.48. The first kappa shape index (κ1) is 33.4. The second-order valence-electron chi connectivity index (χ2n) is 12.5. The number of nitrogens with zero attached hydrogens (tertiary/aromatic N) is 3. The highest BCUT2D eigenvalue weighted by Crippen LogP contribution is 2.30. The van der Waals surface area contributed by atoms with Crippen molar-refractivity contribution in [2.45, 2.75) is 65.0 Å². The lowest BCUT2D eigenvalue weighted by Crippen LogP contribution is -2.48. The standard InChI is InChI=1S/C35H41FN8O3/c1-20(2)38-34(46)27-17-29(21(3)30(36)18-27)24-8-4-22(5-9-24)16-31(40-33(45)26-10-6-23(19-37)7-11-26)35(47)39-28-14-12-25(13-15-28)32-41-43-44-42-32/h4-5,8-9,12-15,17-18,20,23,26,31H,6-7,10-11,16,19,37H2,1-3H3,(H,38,46)(H,39,47)(H,40,45)(H,41,42,43,44)/t23?,26?,31-/m0/s1. The number of hydrogen-bond acceptors (Lipinski definition) is 7. The van der Waals surface area contributed by atoms with Crippen molar-refractivity contribution in [2.75, 3.05) is 11.9 Å². The SMILES string of the molecule is Cc1c(F)cc(C(=O)NC(C)C)cc1-c1ccc(C[C@H](NC(=O)C2CCC(CN)CC2)C(=O)Nc2ccc(-c3nn[nH]n3)cc2)cc1. The van der Waals surface area contributed by atoms with E-state index < -0.39 is 11.9 Å². The minimum Gasteiger partial charge on any atom is -0.350 e. The fraction of sp³-hybridized carbons (Fsp3) is 0.371. The fourth-order valence-corrected chi connectivity index (χ4v) is 5.89. The van der Waals surface area contributed by atoms with Gasteiger partial charge in [-0.1, -0.05) is 24.3 Å². The summed E-state index contributed by atoms with van der Waals surface area (Å²) >= 11 is 0. The molecule has 1 heterocycles. The average molecular weight is 641 g/mol. The third-order valence-electron chi connectivity index (χ3n) is 8.67. The van der Waals surface area contributed by atoms with E-state index in [1.807, 2.05) is 38.1 Å². The van der Waals surface area contributed by atoms with Crippen molar-refractivity contribution in [3.8, 4) is 22.5 Å². The van der Waals surface area contributed by atoms with Crippen LogP contribution in [0.4, 0.5) is 10.1 Å². The molecular weight excluding hydrogens is 599 g/mol. The van der Waals surface area contributed by atoms with E-state index in [9.17, 15) is 18.8 Å². The van der Waals surface area contributed by atoms with E-state index in [1.165, 1.54) is 6.07 Å². The van der Waals surface area contributed by atoms with Crippen molar-refractivity contribution < 1.29 is 18.8 Å². The van der Waals surface area contributed by atoms with Gasteiger partial charge in [0, 0.05) is 35.2 Å². The summed E-state index contributed by atoms with van der Waals surface area (Å²) in [5.74, 6) is -0.630. The van der Waals surface area contributed by atoms with Crippen LogP contribution in [-0.4, -0.2) is 57.0 Å². The molecule has 0 aliphatic heterocycles. The second kappa shape index (κ2) is 15.1. The van der Waals surface area contributed by atoms with Gasteiger partial charge in [-0.2, -0.15) is 5.21 Å². The lowest BCUT2D eigenvalue weighted by Gasteiger charge is -2.28. The molecule has 4 aromatic rings. The number of aromatic nitrogens is 4. The van der Waals surface area contributed by atoms with Gasteiger partial charge in [0.05, 0.1) is 0 Å². The molecule has 1 aliphatic rings. The van der Waals surface area contributed by atoms with Gasteiger partial charge in [-0.25, -0.2) is 4.39 Å². The summed E-state index contributed by atoms with van der Waals surface area (Å²) in [4.78, 5) is 39.6. The van der Waals surface area contributed by atoms with Crippen LogP contribution >= 0.6 is 0 Å². The Morgan fingerprint density at radius 3 is 2.26 bits per heavy atom. The summed E-state index contributed by atoms with van der Waals surface area (Å²) in [7, 11) is 0. The molecule has 1 aromatic heterocycles. The third kappa shape index (κ3) is 8.44. The topological polar surface area (TPSA) is 168 Å². The molecule has 0 radical (unpaired) electrons. The number of tetrazole rings is 1. The third-order valence-corrected chi connectivity index (χ3v) is 8.67. The molecule has 1 aliphatic carbocycles. The van der Waals surface area contributed by atoms with Crippen molar-refractivity contribution >= 4 is 23.4 Å². The molecule has 12 heteroatoms. The van der Waals surface area contributed by atoms with Gasteiger partial charge in [-0.3, -0.25) is 14.4 Å². The first-order valence-corrected chi connectivity index (χ1v) is 16.0. The van der Waals surface area contributed by atoms with E-state index >= 15 is 0 Å². The molecule has 6 N–H and O–H groups in total. The number of rotatable bonds is 11. The number of amides is 3. The van der Waals surface area contributed by atoms with E-state index in [2.05, 4.69) is 36.6 Å². The maximum atomic E-state index is 14.9. The van der Waals surface area contributed by atoms with E-state index in [1.54, 1.807) is 37.3 Å². The molecule has 0 bridgehead atoms. The highest BCUT2D eigenvalue weighted by molar-refractivity contribution is 5.98. The van der Waals surface area contributed by atoms with Crippen LogP contribution in [0.5, 0.6) is 0 Å². The molecule has 246 valence electrons. The Bertz CT molecular complexity index is 1680. The Kier molecular flexibility index (Phi) is 10.7. The summed E-state index contributed by atoms with van der Waals surface area (Å²) in [5, 5.41) is 22.7. The first-order valence-electron chi connectivity index (χ1n) is 16.0. The molecular formula is C35H41FN8O3. The van der Waals surface area contributed by atoms with Crippen molar-refractivity contribution in [3.63, 3.8) is 0 Å². The molecule has 1 fully saturated rings. The lowest BCUT2D eigenvalue weighted by atomic mass is 9.81. The van der Waals surface area contributed by atoms with Crippen LogP contribution in [0.15, 0.2) is 60.7 Å². The highest BCUT2D eigenvalue weighted by Gasteiger charge is 2.29. The van der Waals surface area contributed by atoms with Gasteiger partial charge < -0.3 is 21.7 Å². The number of carbonyl (C=O) groups is 3. The van der Waals surface area contributed by atoms with Crippen LogP contribution < -0.4 is 21.7 Å². The van der Waals surface area contributed by atoms with Crippen LogP contribution in [-0.2, 0) is 16.0 Å². The van der Waals surface area contributed by atoms with E-state index in [4.69, 9.17) is 5.73 Å². The fourth-order valence-electron chi connectivity index (χ4n) is 5.89. The second-order valence-corrected chi connectivity index (χ2v) is 12.5. The molecule has 1 saturated carbocycles. The van der Waals surface area contributed by atoms with Crippen molar-refractivity contribution in [3.05, 3.63) is 83.2 Å². The predicted molar refractivity (Wildman–Crippen MR) is 178 cm³/mol. The van der Waals surface area contributed by atoms with Crippen molar-refractivity contribution in [1.29, 1.82) is 0 Å². The van der Waals surface area contributed by atoms with Gasteiger partial charge in [0.2, 0.25) is 17.6 Å². The number of carbonyl (C=O) groups excluding carboxylic acids is 3. The van der Waals surface area contributed by atoms with Gasteiger partial charge in [-0.05, 0) is 123 Å². The Labute approximate surface area is 273 Å². The van der Waals surface area contributed by atoms with Crippen LogP contribution in [0, 0.1) is 24.6 Å². The highest BCUT2D eigenvalue weighted by atomic mass is 19.1. The summed E-state index contributed by atoms with van der Waals surface area (Å²) in [6.45, 7) is 5.98. The normalized spacial score (nSPS) is 16.8. The van der Waals surface area contributed by atoms with Gasteiger partial charge in [-0.15, -0.1) is 10.2 Å². The molecule has 11 nitrogen and oxygen atoms in total. The minimum atomic E-state index is -0.847. The maximum Gasteiger partial charge on any atom is 0.251 e. The zero-order valence-corrected chi connectivity index (χ0v) is 26.8. The average Bonchev–Trinajstić information content (AvgIpc) is 3.61. The molecule has 0 unspecified atom stereocenters. The Hall–Kier alpha value is -4.97. The number of anilines is 1. The first-order chi connectivity index (χ1) is 22.6. The molecule has 3 aromatic carbocycles. The zero-order chi connectivity index (χ0) is 33.5.